The van der Waals surface area contributed by atoms with Crippen molar-refractivity contribution in [3.63, 3.8) is 0 Å². The number of halogens is 4. The molecule has 1 rings (SSSR count). The molecule has 0 aliphatic rings. The Hall–Kier alpha value is -1.41. The van der Waals surface area contributed by atoms with Crippen LogP contribution in [0.3, 0.4) is 0 Å². The van der Waals surface area contributed by atoms with Crippen LogP contribution in [0.2, 0.25) is 5.02 Å². The van der Waals surface area contributed by atoms with Gasteiger partial charge in [-0.15, -0.1) is 0 Å². The molecule has 0 amide bonds. The van der Waals surface area contributed by atoms with Gasteiger partial charge in [-0.3, -0.25) is 0 Å². The molecule has 1 N–H and O–H groups in total. The monoisotopic (exact) mass is 290 g/mol. The van der Waals surface area contributed by atoms with Crippen LogP contribution in [0.15, 0.2) is 18.2 Å². The molecule has 0 bridgehead atoms. The second kappa shape index (κ2) is 6.67. The van der Waals surface area contributed by atoms with E-state index in [-0.39, 0.29) is 12.5 Å². The van der Waals surface area contributed by atoms with Crippen LogP contribution >= 0.6 is 11.6 Å². The highest BCUT2D eigenvalue weighted by Gasteiger charge is 2.26. The Labute approximate surface area is 115 Å². The normalized spacial score (nSPS) is 12.8. The Morgan fingerprint density at radius 3 is 2.63 bits per heavy atom. The summed E-state index contributed by atoms with van der Waals surface area (Å²) in [4.78, 5) is 0. The molecule has 0 aliphatic heterocycles. The molecule has 0 fully saturated rings. The number of nitriles is 1. The largest absolute Gasteiger partial charge is 0.389 e. The van der Waals surface area contributed by atoms with Crippen LogP contribution in [0.1, 0.15) is 31.7 Å². The molecule has 1 atom stereocenters. The fraction of sp³-hybridized carbons (Fsp3) is 0.462. The molecule has 0 spiro atoms. The van der Waals surface area contributed by atoms with E-state index in [2.05, 4.69) is 5.32 Å². The van der Waals surface area contributed by atoms with E-state index in [1.165, 1.54) is 6.07 Å². The third-order valence-electron chi connectivity index (χ3n) is 2.60. The van der Waals surface area contributed by atoms with Crippen molar-refractivity contribution in [3.8, 4) is 6.07 Å². The zero-order chi connectivity index (χ0) is 14.5. The minimum absolute atomic E-state index is 0.0750. The lowest BCUT2D eigenvalue weighted by atomic mass is 10.1. The summed E-state index contributed by atoms with van der Waals surface area (Å²) in [6, 6.07) is 6.63. The van der Waals surface area contributed by atoms with Crippen molar-refractivity contribution in [2.75, 3.05) is 5.32 Å². The molecule has 104 valence electrons. The van der Waals surface area contributed by atoms with Crippen LogP contribution in [0.25, 0.3) is 0 Å². The van der Waals surface area contributed by atoms with Crippen molar-refractivity contribution in [2.24, 2.45) is 0 Å². The van der Waals surface area contributed by atoms with Gasteiger partial charge < -0.3 is 5.32 Å². The van der Waals surface area contributed by atoms with Crippen LogP contribution in [-0.4, -0.2) is 12.2 Å². The number of alkyl halides is 3. The highest BCUT2D eigenvalue weighted by Crippen LogP contribution is 2.26. The van der Waals surface area contributed by atoms with Crippen LogP contribution < -0.4 is 5.32 Å². The Bertz CT molecular complexity index is 466. The maximum atomic E-state index is 12.0. The Balaban J connectivity index is 2.49. The summed E-state index contributed by atoms with van der Waals surface area (Å²) in [6.45, 7) is 1.80. The van der Waals surface area contributed by atoms with Crippen molar-refractivity contribution < 1.29 is 13.2 Å². The smallest absolute Gasteiger partial charge is 0.381 e. The van der Waals surface area contributed by atoms with E-state index >= 15 is 0 Å². The number of anilines is 1. The zero-order valence-electron chi connectivity index (χ0n) is 10.4. The van der Waals surface area contributed by atoms with Gasteiger partial charge in [0.15, 0.2) is 0 Å². The van der Waals surface area contributed by atoms with E-state index in [0.29, 0.717) is 22.7 Å². The number of rotatable bonds is 5. The average molecular weight is 291 g/mol. The van der Waals surface area contributed by atoms with Gasteiger partial charge in [-0.05, 0) is 38.0 Å². The molecule has 0 aliphatic carbocycles. The molecule has 0 aromatic heterocycles. The molecule has 19 heavy (non-hydrogen) atoms. The molecule has 1 aromatic carbocycles. The SMILES string of the molecule is CC(CCCC(F)(F)F)Nc1ccc(C#N)cc1Cl. The topological polar surface area (TPSA) is 35.8 Å². The lowest BCUT2D eigenvalue weighted by molar-refractivity contribution is -0.135. The summed E-state index contributed by atoms with van der Waals surface area (Å²) < 4.78 is 36.0. The number of nitrogens with one attached hydrogen (secondary N) is 1. The van der Waals surface area contributed by atoms with Crippen molar-refractivity contribution in [2.45, 2.75) is 38.4 Å². The number of hydrogen-bond donors (Lipinski definition) is 1. The maximum Gasteiger partial charge on any atom is 0.389 e. The van der Waals surface area contributed by atoms with Crippen molar-refractivity contribution in [1.82, 2.24) is 0 Å². The zero-order valence-corrected chi connectivity index (χ0v) is 11.1. The van der Waals surface area contributed by atoms with Gasteiger partial charge in [-0.2, -0.15) is 18.4 Å². The van der Waals surface area contributed by atoms with E-state index in [1.54, 1.807) is 19.1 Å². The van der Waals surface area contributed by atoms with E-state index in [0.717, 1.165) is 0 Å². The molecular formula is C13H14ClF3N2. The maximum absolute atomic E-state index is 12.0. The minimum atomic E-state index is -4.11. The van der Waals surface area contributed by atoms with Gasteiger partial charge in [0.1, 0.15) is 0 Å². The van der Waals surface area contributed by atoms with Crippen molar-refractivity contribution in [3.05, 3.63) is 28.8 Å². The van der Waals surface area contributed by atoms with Crippen LogP contribution in [0, 0.1) is 11.3 Å². The van der Waals surface area contributed by atoms with Crippen LogP contribution in [0.5, 0.6) is 0 Å². The second-order valence-electron chi connectivity index (χ2n) is 4.36. The summed E-state index contributed by atoms with van der Waals surface area (Å²) in [6.07, 6.45) is -4.41. The van der Waals surface area contributed by atoms with Gasteiger partial charge in [0, 0.05) is 12.5 Å². The summed E-state index contributed by atoms with van der Waals surface area (Å²) >= 11 is 5.97. The molecule has 1 unspecified atom stereocenters. The van der Waals surface area contributed by atoms with Crippen LogP contribution in [-0.2, 0) is 0 Å². The third-order valence-corrected chi connectivity index (χ3v) is 2.91. The average Bonchev–Trinajstić information content (AvgIpc) is 2.30. The third kappa shape index (κ3) is 5.84. The fourth-order valence-corrected chi connectivity index (χ4v) is 1.88. The van der Waals surface area contributed by atoms with E-state index in [1.807, 2.05) is 6.07 Å². The molecule has 1 aromatic rings. The van der Waals surface area contributed by atoms with Gasteiger partial charge in [-0.1, -0.05) is 11.6 Å². The van der Waals surface area contributed by atoms with Gasteiger partial charge in [0.2, 0.25) is 0 Å². The summed E-state index contributed by atoms with van der Waals surface area (Å²) in [5.74, 6) is 0. The van der Waals surface area contributed by atoms with E-state index in [9.17, 15) is 13.2 Å². The number of nitrogens with zero attached hydrogens (tertiary/aromatic N) is 1. The van der Waals surface area contributed by atoms with Crippen molar-refractivity contribution in [1.29, 1.82) is 5.26 Å². The molecule has 0 radical (unpaired) electrons. The molecular weight excluding hydrogens is 277 g/mol. The van der Waals surface area contributed by atoms with Gasteiger partial charge in [0.25, 0.3) is 0 Å². The van der Waals surface area contributed by atoms with Crippen molar-refractivity contribution >= 4 is 17.3 Å². The molecule has 0 saturated carbocycles. The number of hydrogen-bond acceptors (Lipinski definition) is 2. The first-order valence-corrected chi connectivity index (χ1v) is 6.22. The number of benzene rings is 1. The lowest BCUT2D eigenvalue weighted by Crippen LogP contribution is -2.17. The highest BCUT2D eigenvalue weighted by molar-refractivity contribution is 6.33. The fourth-order valence-electron chi connectivity index (χ4n) is 1.65. The summed E-state index contributed by atoms with van der Waals surface area (Å²) in [5.41, 5.74) is 1.07. The first kappa shape index (κ1) is 15.6. The van der Waals surface area contributed by atoms with Gasteiger partial charge >= 0.3 is 6.18 Å². The molecule has 2 nitrogen and oxygen atoms in total. The lowest BCUT2D eigenvalue weighted by Gasteiger charge is -2.16. The standard InChI is InChI=1S/C13H14ClF3N2/c1-9(3-2-6-13(15,16)17)19-12-5-4-10(8-18)7-11(12)14/h4-5,7,9,19H,2-3,6H2,1H3. The predicted molar refractivity (Wildman–Crippen MR) is 69.2 cm³/mol. The Kier molecular flexibility index (Phi) is 5.49. The Morgan fingerprint density at radius 2 is 2.11 bits per heavy atom. The van der Waals surface area contributed by atoms with E-state index in [4.69, 9.17) is 16.9 Å². The minimum Gasteiger partial charge on any atom is -0.381 e. The van der Waals surface area contributed by atoms with Gasteiger partial charge in [0.05, 0.1) is 22.3 Å². The van der Waals surface area contributed by atoms with Gasteiger partial charge in [-0.25, -0.2) is 0 Å². The van der Waals surface area contributed by atoms with Crippen LogP contribution in [0.4, 0.5) is 18.9 Å². The first-order chi connectivity index (χ1) is 8.81. The second-order valence-corrected chi connectivity index (χ2v) is 4.77. The predicted octanol–water partition coefficient (Wildman–Crippen LogP) is 4.74. The van der Waals surface area contributed by atoms with E-state index < -0.39 is 12.6 Å². The Morgan fingerprint density at radius 1 is 1.42 bits per heavy atom. The highest BCUT2D eigenvalue weighted by atomic mass is 35.5. The first-order valence-electron chi connectivity index (χ1n) is 5.85. The summed E-state index contributed by atoms with van der Waals surface area (Å²) in [5, 5.41) is 12.1. The molecule has 6 heteroatoms. The quantitative estimate of drug-likeness (QED) is 0.850. The summed E-state index contributed by atoms with van der Waals surface area (Å²) in [7, 11) is 0. The molecule has 0 saturated heterocycles. The molecule has 0 heterocycles.